The van der Waals surface area contributed by atoms with Crippen LogP contribution in [0.1, 0.15) is 10.7 Å². The van der Waals surface area contributed by atoms with Crippen molar-refractivity contribution in [3.63, 3.8) is 0 Å². The molecule has 7 heteroatoms. The largest absolute Gasteiger partial charge is 0.462 e. The lowest BCUT2D eigenvalue weighted by Crippen LogP contribution is -2.00. The van der Waals surface area contributed by atoms with Crippen LogP contribution < -0.4 is 0 Å². The lowest BCUT2D eigenvalue weighted by atomic mass is 10.3. The Balaban J connectivity index is 2.36. The molecule has 0 spiro atoms. The van der Waals surface area contributed by atoms with E-state index in [4.69, 9.17) is 20.4 Å². The van der Waals surface area contributed by atoms with Gasteiger partial charge in [-0.3, -0.25) is 0 Å². The van der Waals surface area contributed by atoms with Gasteiger partial charge in [-0.15, -0.1) is 10.2 Å². The highest BCUT2D eigenvalue weighted by Gasteiger charge is 2.18. The Morgan fingerprint density at radius 3 is 2.93 bits per heavy atom. The number of esters is 1. The van der Waals surface area contributed by atoms with Crippen LogP contribution in [0.15, 0.2) is 21.2 Å². The minimum Gasteiger partial charge on any atom is -0.462 e. The van der Waals surface area contributed by atoms with Crippen LogP contribution in [0, 0.1) is 0 Å². The summed E-state index contributed by atoms with van der Waals surface area (Å²) in [6, 6.07) is 1.55. The molecule has 0 saturated heterocycles. The van der Waals surface area contributed by atoms with Gasteiger partial charge in [0.2, 0.25) is 5.22 Å². The standard InChI is InChI=1S/C8H5ClN2O4/c1-13-8(12)7-11-10-6(15-7)4-2-3-14-5(4)9/h2-3H,1H3. The highest BCUT2D eigenvalue weighted by atomic mass is 35.5. The maximum absolute atomic E-state index is 11.0. The summed E-state index contributed by atoms with van der Waals surface area (Å²) < 4.78 is 14.3. The summed E-state index contributed by atoms with van der Waals surface area (Å²) in [5.74, 6) is -0.827. The van der Waals surface area contributed by atoms with Gasteiger partial charge in [0.15, 0.2) is 0 Å². The Morgan fingerprint density at radius 1 is 1.53 bits per heavy atom. The molecule has 0 aliphatic heterocycles. The molecular weight excluding hydrogens is 224 g/mol. The minimum absolute atomic E-state index is 0.106. The molecule has 0 N–H and O–H groups in total. The minimum atomic E-state index is -0.701. The predicted molar refractivity (Wildman–Crippen MR) is 48.3 cm³/mol. The summed E-state index contributed by atoms with van der Waals surface area (Å²) in [7, 11) is 1.22. The van der Waals surface area contributed by atoms with Crippen LogP contribution in [0.3, 0.4) is 0 Å². The molecule has 0 aliphatic carbocycles. The van der Waals surface area contributed by atoms with E-state index in [9.17, 15) is 4.79 Å². The lowest BCUT2D eigenvalue weighted by molar-refractivity contribution is 0.0556. The van der Waals surface area contributed by atoms with Gasteiger partial charge < -0.3 is 13.6 Å². The van der Waals surface area contributed by atoms with Crippen molar-refractivity contribution in [2.24, 2.45) is 0 Å². The van der Waals surface area contributed by atoms with Crippen LogP contribution >= 0.6 is 11.6 Å². The molecule has 0 aliphatic rings. The summed E-state index contributed by atoms with van der Waals surface area (Å²) in [5.41, 5.74) is 0.430. The van der Waals surface area contributed by atoms with Gasteiger partial charge in [-0.1, -0.05) is 0 Å². The van der Waals surface area contributed by atoms with E-state index in [2.05, 4.69) is 14.9 Å². The number of hydrogen-bond acceptors (Lipinski definition) is 6. The number of aromatic nitrogens is 2. The number of hydrogen-bond donors (Lipinski definition) is 0. The van der Waals surface area contributed by atoms with Gasteiger partial charge in [0.05, 0.1) is 18.9 Å². The van der Waals surface area contributed by atoms with Crippen molar-refractivity contribution in [3.8, 4) is 11.5 Å². The second-order valence-corrected chi connectivity index (χ2v) is 2.86. The molecule has 2 heterocycles. The van der Waals surface area contributed by atoms with E-state index in [1.807, 2.05) is 0 Å². The second kappa shape index (κ2) is 3.74. The van der Waals surface area contributed by atoms with Gasteiger partial charge in [0.1, 0.15) is 0 Å². The maximum atomic E-state index is 11.0. The van der Waals surface area contributed by atoms with Crippen molar-refractivity contribution in [2.45, 2.75) is 0 Å². The number of furan rings is 1. The van der Waals surface area contributed by atoms with Crippen molar-refractivity contribution < 1.29 is 18.4 Å². The topological polar surface area (TPSA) is 78.4 Å². The molecule has 2 aromatic heterocycles. The molecule has 0 saturated carbocycles. The maximum Gasteiger partial charge on any atom is 0.396 e. The predicted octanol–water partition coefficient (Wildman–Crippen LogP) is 1.77. The van der Waals surface area contributed by atoms with Crippen molar-refractivity contribution in [1.29, 1.82) is 0 Å². The van der Waals surface area contributed by atoms with Gasteiger partial charge >= 0.3 is 11.9 Å². The highest BCUT2D eigenvalue weighted by Crippen LogP contribution is 2.27. The molecule has 6 nitrogen and oxygen atoms in total. The fourth-order valence-electron chi connectivity index (χ4n) is 0.948. The Labute approximate surface area is 88.8 Å². The van der Waals surface area contributed by atoms with Crippen LogP contribution in [0.2, 0.25) is 5.22 Å². The molecule has 0 amide bonds. The van der Waals surface area contributed by atoms with E-state index in [0.717, 1.165) is 0 Å². The third-order valence-corrected chi connectivity index (χ3v) is 1.93. The average Bonchev–Trinajstić information content (AvgIpc) is 2.84. The first-order valence-electron chi connectivity index (χ1n) is 3.87. The van der Waals surface area contributed by atoms with Crippen LogP contribution in [0.5, 0.6) is 0 Å². The Kier molecular flexibility index (Phi) is 2.42. The Hall–Kier alpha value is -1.82. The summed E-state index contributed by atoms with van der Waals surface area (Å²) in [6.07, 6.45) is 1.37. The van der Waals surface area contributed by atoms with E-state index in [0.29, 0.717) is 5.56 Å². The third kappa shape index (κ3) is 1.71. The van der Waals surface area contributed by atoms with Gasteiger partial charge in [0, 0.05) is 0 Å². The molecule has 0 aromatic carbocycles. The first kappa shape index (κ1) is 9.72. The molecule has 78 valence electrons. The molecule has 2 rings (SSSR count). The van der Waals surface area contributed by atoms with Crippen LogP contribution in [-0.4, -0.2) is 23.3 Å². The number of ether oxygens (including phenoxy) is 1. The van der Waals surface area contributed by atoms with E-state index in [1.54, 1.807) is 6.07 Å². The van der Waals surface area contributed by atoms with Gasteiger partial charge in [0.25, 0.3) is 5.89 Å². The summed E-state index contributed by atoms with van der Waals surface area (Å²) in [6.45, 7) is 0. The molecule has 15 heavy (non-hydrogen) atoms. The highest BCUT2D eigenvalue weighted by molar-refractivity contribution is 6.31. The molecule has 2 aromatic rings. The molecule has 0 atom stereocenters. The number of carbonyl (C=O) groups is 1. The van der Waals surface area contributed by atoms with Gasteiger partial charge in [-0.25, -0.2) is 4.79 Å². The number of methoxy groups -OCH3 is 1. The lowest BCUT2D eigenvalue weighted by Gasteiger charge is -1.90. The first-order chi connectivity index (χ1) is 7.22. The quantitative estimate of drug-likeness (QED) is 0.729. The zero-order chi connectivity index (χ0) is 10.8. The number of rotatable bonds is 2. The normalized spacial score (nSPS) is 10.3. The van der Waals surface area contributed by atoms with Crippen LogP contribution in [0.4, 0.5) is 0 Å². The van der Waals surface area contributed by atoms with E-state index >= 15 is 0 Å². The Morgan fingerprint density at radius 2 is 2.33 bits per heavy atom. The molecule has 0 fully saturated rings. The average molecular weight is 229 g/mol. The van der Waals surface area contributed by atoms with Gasteiger partial charge in [-0.2, -0.15) is 0 Å². The van der Waals surface area contributed by atoms with Crippen molar-refractivity contribution in [1.82, 2.24) is 10.2 Å². The van der Waals surface area contributed by atoms with Crippen molar-refractivity contribution in [2.75, 3.05) is 7.11 Å². The zero-order valence-corrected chi connectivity index (χ0v) is 8.32. The summed E-state index contributed by atoms with van der Waals surface area (Å²) >= 11 is 5.69. The fourth-order valence-corrected chi connectivity index (χ4v) is 1.14. The second-order valence-electron chi connectivity index (χ2n) is 2.51. The molecule has 0 unspecified atom stereocenters. The molecule has 0 radical (unpaired) electrons. The van der Waals surface area contributed by atoms with Crippen molar-refractivity contribution in [3.05, 3.63) is 23.4 Å². The van der Waals surface area contributed by atoms with E-state index in [1.165, 1.54) is 13.4 Å². The number of nitrogens with zero attached hydrogens (tertiary/aromatic N) is 2. The summed E-state index contributed by atoms with van der Waals surface area (Å²) in [5, 5.41) is 7.24. The summed E-state index contributed by atoms with van der Waals surface area (Å²) in [4.78, 5) is 11.0. The first-order valence-corrected chi connectivity index (χ1v) is 4.25. The molecular formula is C8H5ClN2O4. The van der Waals surface area contributed by atoms with E-state index < -0.39 is 5.97 Å². The van der Waals surface area contributed by atoms with E-state index in [-0.39, 0.29) is 17.0 Å². The SMILES string of the molecule is COC(=O)c1nnc(-c2ccoc2Cl)o1. The van der Waals surface area contributed by atoms with Crippen LogP contribution in [-0.2, 0) is 4.74 Å². The number of halogens is 1. The smallest absolute Gasteiger partial charge is 0.396 e. The monoisotopic (exact) mass is 228 g/mol. The van der Waals surface area contributed by atoms with Crippen LogP contribution in [0.25, 0.3) is 11.5 Å². The van der Waals surface area contributed by atoms with Crippen molar-refractivity contribution >= 4 is 17.6 Å². The third-order valence-electron chi connectivity index (χ3n) is 1.63. The zero-order valence-electron chi connectivity index (χ0n) is 7.56. The fraction of sp³-hybridized carbons (Fsp3) is 0.125. The molecule has 0 bridgehead atoms. The number of carbonyl (C=O) groups excluding carboxylic acids is 1. The van der Waals surface area contributed by atoms with Gasteiger partial charge in [-0.05, 0) is 17.7 Å². The Bertz CT molecular complexity index is 490.